The molecule has 196 valence electrons. The molecule has 0 unspecified atom stereocenters. The van der Waals surface area contributed by atoms with E-state index in [1.54, 1.807) is 0 Å². The van der Waals surface area contributed by atoms with Gasteiger partial charge < -0.3 is 9.80 Å². The second-order valence-corrected chi connectivity index (χ2v) is 12.2. The van der Waals surface area contributed by atoms with Gasteiger partial charge in [0, 0.05) is 37.0 Å². The van der Waals surface area contributed by atoms with Crippen LogP contribution in [0.3, 0.4) is 0 Å². The van der Waals surface area contributed by atoms with Gasteiger partial charge in [-0.05, 0) is 41.9 Å². The van der Waals surface area contributed by atoms with Crippen LogP contribution in [-0.4, -0.2) is 47.0 Å². The molecule has 2 aromatic carbocycles. The van der Waals surface area contributed by atoms with Gasteiger partial charge in [-0.1, -0.05) is 81.4 Å². The number of carbonyl (C=O) groups excluding carboxylic acids is 1. The molecule has 1 saturated heterocycles. The largest absolute Gasteiger partial charge is 0.352 e. The molecule has 6 heteroatoms. The number of nitrogens with zero attached hydrogens (tertiary/aromatic N) is 4. The maximum atomic E-state index is 14.0. The summed E-state index contributed by atoms with van der Waals surface area (Å²) in [6.07, 6.45) is 3.49. The number of anilines is 1. The Bertz CT molecular complexity index is 1380. The summed E-state index contributed by atoms with van der Waals surface area (Å²) in [5.41, 5.74) is 3.56. The Balaban J connectivity index is 1.28. The number of rotatable bonds is 5. The van der Waals surface area contributed by atoms with E-state index in [0.717, 1.165) is 59.4 Å². The van der Waals surface area contributed by atoms with Crippen molar-refractivity contribution < 1.29 is 4.79 Å². The van der Waals surface area contributed by atoms with E-state index in [-0.39, 0.29) is 17.7 Å². The SMILES string of the molecule is CC(C)c1nc(N2CCN(C(=O)C(c3ccccc3)c3ccccc3)CC2)c2c3c(sc2n1)C[C@@H](C)CC3. The predicted molar refractivity (Wildman–Crippen MR) is 156 cm³/mol. The number of hydrogen-bond donors (Lipinski definition) is 0. The van der Waals surface area contributed by atoms with Crippen molar-refractivity contribution in [2.45, 2.75) is 51.9 Å². The maximum Gasteiger partial charge on any atom is 0.234 e. The molecule has 1 aliphatic heterocycles. The highest BCUT2D eigenvalue weighted by Gasteiger charge is 2.32. The van der Waals surface area contributed by atoms with E-state index >= 15 is 0 Å². The first-order chi connectivity index (χ1) is 18.5. The average molecular weight is 525 g/mol. The zero-order valence-electron chi connectivity index (χ0n) is 22.6. The summed E-state index contributed by atoms with van der Waals surface area (Å²) in [5.74, 6) is 2.91. The molecule has 1 fully saturated rings. The van der Waals surface area contributed by atoms with E-state index in [4.69, 9.17) is 9.97 Å². The van der Waals surface area contributed by atoms with Gasteiger partial charge in [0.1, 0.15) is 16.5 Å². The van der Waals surface area contributed by atoms with Crippen molar-refractivity contribution in [3.8, 4) is 0 Å². The van der Waals surface area contributed by atoms with Gasteiger partial charge in [0.05, 0.1) is 11.3 Å². The zero-order valence-corrected chi connectivity index (χ0v) is 23.4. The van der Waals surface area contributed by atoms with Crippen molar-refractivity contribution in [3.63, 3.8) is 0 Å². The van der Waals surface area contributed by atoms with Crippen LogP contribution in [0, 0.1) is 5.92 Å². The minimum atomic E-state index is -0.284. The minimum absolute atomic E-state index is 0.180. The lowest BCUT2D eigenvalue weighted by atomic mass is 9.89. The Labute approximate surface area is 229 Å². The molecule has 3 heterocycles. The van der Waals surface area contributed by atoms with Gasteiger partial charge in [0.15, 0.2) is 0 Å². The van der Waals surface area contributed by atoms with Crippen LogP contribution in [0.2, 0.25) is 0 Å². The second kappa shape index (κ2) is 10.5. The molecular formula is C32H36N4OS. The molecule has 4 aromatic rings. The molecule has 0 bridgehead atoms. The van der Waals surface area contributed by atoms with Crippen LogP contribution < -0.4 is 4.90 Å². The van der Waals surface area contributed by atoms with Gasteiger partial charge in [0.2, 0.25) is 5.91 Å². The van der Waals surface area contributed by atoms with E-state index in [2.05, 4.69) is 49.9 Å². The number of benzene rings is 2. The number of aromatic nitrogens is 2. The molecule has 1 aliphatic carbocycles. The number of thiophene rings is 1. The Morgan fingerprint density at radius 3 is 2.16 bits per heavy atom. The maximum absolute atomic E-state index is 14.0. The fourth-order valence-electron chi connectivity index (χ4n) is 5.92. The molecule has 2 aromatic heterocycles. The lowest BCUT2D eigenvalue weighted by molar-refractivity contribution is -0.132. The molecule has 6 rings (SSSR count). The monoisotopic (exact) mass is 524 g/mol. The third kappa shape index (κ3) is 4.71. The summed E-state index contributed by atoms with van der Waals surface area (Å²) >= 11 is 1.88. The Morgan fingerprint density at radius 2 is 1.55 bits per heavy atom. The van der Waals surface area contributed by atoms with Gasteiger partial charge in [-0.3, -0.25) is 4.79 Å². The summed E-state index contributed by atoms with van der Waals surface area (Å²) in [4.78, 5) is 31.2. The lowest BCUT2D eigenvalue weighted by Crippen LogP contribution is -2.50. The van der Waals surface area contributed by atoms with Crippen molar-refractivity contribution in [1.29, 1.82) is 0 Å². The first-order valence-electron chi connectivity index (χ1n) is 14.0. The summed E-state index contributed by atoms with van der Waals surface area (Å²) in [5, 5.41) is 1.27. The van der Waals surface area contributed by atoms with Crippen LogP contribution in [0.25, 0.3) is 10.2 Å². The summed E-state index contributed by atoms with van der Waals surface area (Å²) in [7, 11) is 0. The number of fused-ring (bicyclic) bond motifs is 3. The lowest BCUT2D eigenvalue weighted by Gasteiger charge is -2.37. The van der Waals surface area contributed by atoms with Crippen molar-refractivity contribution in [2.75, 3.05) is 31.1 Å². The van der Waals surface area contributed by atoms with Crippen LogP contribution in [0.15, 0.2) is 60.7 Å². The van der Waals surface area contributed by atoms with E-state index in [0.29, 0.717) is 13.1 Å². The van der Waals surface area contributed by atoms with Crippen LogP contribution in [0.1, 0.15) is 66.4 Å². The van der Waals surface area contributed by atoms with Gasteiger partial charge >= 0.3 is 0 Å². The molecule has 0 radical (unpaired) electrons. The fourth-order valence-corrected chi connectivity index (χ4v) is 7.30. The number of aryl methyl sites for hydroxylation is 1. The highest BCUT2D eigenvalue weighted by atomic mass is 32.1. The Morgan fingerprint density at radius 1 is 0.921 bits per heavy atom. The molecule has 5 nitrogen and oxygen atoms in total. The molecule has 38 heavy (non-hydrogen) atoms. The molecule has 0 spiro atoms. The number of hydrogen-bond acceptors (Lipinski definition) is 5. The average Bonchev–Trinajstić information content (AvgIpc) is 3.31. The third-order valence-electron chi connectivity index (χ3n) is 8.07. The van der Waals surface area contributed by atoms with Crippen LogP contribution in [0.5, 0.6) is 0 Å². The van der Waals surface area contributed by atoms with Gasteiger partial charge in [-0.25, -0.2) is 9.97 Å². The summed E-state index contributed by atoms with van der Waals surface area (Å²) in [6, 6.07) is 20.4. The number of piperazine rings is 1. The van der Waals surface area contributed by atoms with Gasteiger partial charge in [0.25, 0.3) is 0 Å². The van der Waals surface area contributed by atoms with Crippen LogP contribution in [-0.2, 0) is 17.6 Å². The third-order valence-corrected chi connectivity index (χ3v) is 9.22. The van der Waals surface area contributed by atoms with Crippen molar-refractivity contribution >= 4 is 33.3 Å². The van der Waals surface area contributed by atoms with Crippen LogP contribution >= 0.6 is 11.3 Å². The van der Waals surface area contributed by atoms with Gasteiger partial charge in [-0.15, -0.1) is 11.3 Å². The van der Waals surface area contributed by atoms with E-state index in [1.807, 2.05) is 52.6 Å². The first kappa shape index (κ1) is 25.1. The first-order valence-corrected chi connectivity index (χ1v) is 14.8. The highest BCUT2D eigenvalue weighted by molar-refractivity contribution is 7.19. The quantitative estimate of drug-likeness (QED) is 0.302. The predicted octanol–water partition coefficient (Wildman–Crippen LogP) is 6.42. The standard InChI is InChI=1S/C32H36N4OS/c1-21(2)29-33-30(28-25-15-14-22(3)20-26(25)38-31(28)34-29)35-16-18-36(19-17-35)32(37)27(23-10-6-4-7-11-23)24-12-8-5-9-13-24/h4-13,21-22,27H,14-20H2,1-3H3/t22-/m0/s1. The molecule has 0 N–H and O–H groups in total. The van der Waals surface area contributed by atoms with Crippen molar-refractivity contribution in [3.05, 3.63) is 88.1 Å². The number of carbonyl (C=O) groups is 1. The molecule has 0 saturated carbocycles. The van der Waals surface area contributed by atoms with Crippen LogP contribution in [0.4, 0.5) is 5.82 Å². The number of amides is 1. The van der Waals surface area contributed by atoms with E-state index in [9.17, 15) is 4.79 Å². The zero-order chi connectivity index (χ0) is 26.2. The van der Waals surface area contributed by atoms with Crippen molar-refractivity contribution in [2.24, 2.45) is 5.92 Å². The minimum Gasteiger partial charge on any atom is -0.352 e. The summed E-state index contributed by atoms with van der Waals surface area (Å²) in [6.45, 7) is 9.66. The highest BCUT2D eigenvalue weighted by Crippen LogP contribution is 2.42. The molecule has 1 atom stereocenters. The van der Waals surface area contributed by atoms with Crippen molar-refractivity contribution in [1.82, 2.24) is 14.9 Å². The Hall–Kier alpha value is -3.25. The van der Waals surface area contributed by atoms with Gasteiger partial charge in [-0.2, -0.15) is 0 Å². The van der Waals surface area contributed by atoms with E-state index < -0.39 is 0 Å². The second-order valence-electron chi connectivity index (χ2n) is 11.2. The smallest absolute Gasteiger partial charge is 0.234 e. The summed E-state index contributed by atoms with van der Waals surface area (Å²) < 4.78 is 0. The normalized spacial score (nSPS) is 17.9. The molecule has 1 amide bonds. The van der Waals surface area contributed by atoms with E-state index in [1.165, 1.54) is 22.2 Å². The Kier molecular flexibility index (Phi) is 6.91. The molecular weight excluding hydrogens is 488 g/mol. The molecule has 2 aliphatic rings. The topological polar surface area (TPSA) is 49.3 Å². The fraction of sp³-hybridized carbons (Fsp3) is 0.406.